The molecule has 0 bridgehead atoms. The monoisotopic (exact) mass is 395 g/mol. The predicted octanol–water partition coefficient (Wildman–Crippen LogP) is 3.21. The number of carbonyl (C=O) groups excluding carboxylic acids is 2. The van der Waals surface area contributed by atoms with Gasteiger partial charge < -0.3 is 20.1 Å². The highest BCUT2D eigenvalue weighted by Crippen LogP contribution is 2.24. The molecule has 1 saturated heterocycles. The van der Waals surface area contributed by atoms with Crippen LogP contribution < -0.4 is 15.5 Å². The Morgan fingerprint density at radius 2 is 1.66 bits per heavy atom. The van der Waals surface area contributed by atoms with E-state index in [2.05, 4.69) is 20.5 Å². The molecule has 0 spiro atoms. The van der Waals surface area contributed by atoms with Gasteiger partial charge in [0.05, 0.1) is 5.69 Å². The highest BCUT2D eigenvalue weighted by molar-refractivity contribution is 6.03. The van der Waals surface area contributed by atoms with Gasteiger partial charge in [0.15, 0.2) is 5.82 Å². The number of rotatable bonds is 5. The molecule has 0 unspecified atom stereocenters. The number of aromatic nitrogens is 2. The summed E-state index contributed by atoms with van der Waals surface area (Å²) in [6.45, 7) is 6.73. The van der Waals surface area contributed by atoms with Gasteiger partial charge in [0.2, 0.25) is 0 Å². The van der Waals surface area contributed by atoms with Crippen molar-refractivity contribution >= 4 is 23.2 Å². The molecule has 1 aromatic carbocycles. The molecule has 0 aliphatic carbocycles. The fourth-order valence-electron chi connectivity index (χ4n) is 4.15. The normalized spacial score (nSPS) is 16.0. The third kappa shape index (κ3) is 4.13. The first-order chi connectivity index (χ1) is 14.0. The lowest BCUT2D eigenvalue weighted by Gasteiger charge is -2.18. The Morgan fingerprint density at radius 1 is 0.966 bits per heavy atom. The Kier molecular flexibility index (Phi) is 5.56. The Hall–Kier alpha value is -2.83. The van der Waals surface area contributed by atoms with E-state index in [1.807, 2.05) is 42.7 Å². The van der Waals surface area contributed by atoms with Gasteiger partial charge in [-0.1, -0.05) is 0 Å². The zero-order valence-electron chi connectivity index (χ0n) is 17.2. The molecule has 0 atom stereocenters. The van der Waals surface area contributed by atoms with Gasteiger partial charge in [-0.2, -0.15) is 0 Å². The Balaban J connectivity index is 1.53. The standard InChI is InChI=1S/C22H29N5O2/c1-15(2)23-21(28)19-18-7-3-4-14-27(18)20(25-19)22(29)24-16-8-10-17(11-9-16)26-12-5-6-13-26/h8-11,15H,3-7,12-14H2,1-2H3,(H,23,28)(H,24,29). The molecule has 1 aromatic heterocycles. The minimum absolute atomic E-state index is 0.0230. The smallest absolute Gasteiger partial charge is 0.291 e. The molecule has 3 heterocycles. The van der Waals surface area contributed by atoms with E-state index in [1.54, 1.807) is 0 Å². The Labute approximate surface area is 171 Å². The molecular formula is C22H29N5O2. The molecule has 7 nitrogen and oxygen atoms in total. The van der Waals surface area contributed by atoms with Crippen molar-refractivity contribution in [2.75, 3.05) is 23.3 Å². The third-order valence-corrected chi connectivity index (χ3v) is 5.55. The zero-order chi connectivity index (χ0) is 20.4. The molecule has 154 valence electrons. The molecule has 0 saturated carbocycles. The molecule has 2 aromatic rings. The van der Waals surface area contributed by atoms with Crippen LogP contribution in [0.4, 0.5) is 11.4 Å². The molecule has 2 aliphatic heterocycles. The van der Waals surface area contributed by atoms with Crippen LogP contribution in [0.15, 0.2) is 24.3 Å². The van der Waals surface area contributed by atoms with Crippen LogP contribution in [0.1, 0.15) is 66.3 Å². The van der Waals surface area contributed by atoms with Crippen molar-refractivity contribution in [1.82, 2.24) is 14.9 Å². The Morgan fingerprint density at radius 3 is 2.34 bits per heavy atom. The summed E-state index contributed by atoms with van der Waals surface area (Å²) in [4.78, 5) is 32.3. The second-order valence-corrected chi connectivity index (χ2v) is 8.16. The molecule has 1 fully saturated rings. The van der Waals surface area contributed by atoms with Gasteiger partial charge in [-0.15, -0.1) is 0 Å². The topological polar surface area (TPSA) is 79.3 Å². The van der Waals surface area contributed by atoms with E-state index in [1.165, 1.54) is 18.5 Å². The van der Waals surface area contributed by atoms with Gasteiger partial charge in [0.1, 0.15) is 5.69 Å². The summed E-state index contributed by atoms with van der Waals surface area (Å²) in [5, 5.41) is 5.84. The quantitative estimate of drug-likeness (QED) is 0.815. The van der Waals surface area contributed by atoms with Gasteiger partial charge in [-0.25, -0.2) is 4.98 Å². The molecule has 0 radical (unpaired) electrons. The second kappa shape index (κ2) is 8.27. The lowest BCUT2D eigenvalue weighted by atomic mass is 10.1. The number of hydrogen-bond acceptors (Lipinski definition) is 4. The minimum atomic E-state index is -0.273. The number of hydrogen-bond donors (Lipinski definition) is 2. The average molecular weight is 396 g/mol. The maximum atomic E-state index is 12.9. The molecule has 2 amide bonds. The van der Waals surface area contributed by atoms with Crippen LogP contribution in [0.5, 0.6) is 0 Å². The first-order valence-electron chi connectivity index (χ1n) is 10.6. The van der Waals surface area contributed by atoms with Gasteiger partial charge in [0.25, 0.3) is 11.8 Å². The van der Waals surface area contributed by atoms with E-state index in [-0.39, 0.29) is 17.9 Å². The fourth-order valence-corrected chi connectivity index (χ4v) is 4.15. The first-order valence-corrected chi connectivity index (χ1v) is 10.6. The van der Waals surface area contributed by atoms with Gasteiger partial charge in [0, 0.05) is 37.1 Å². The molecule has 7 heteroatoms. The van der Waals surface area contributed by atoms with Crippen LogP contribution in [-0.4, -0.2) is 40.5 Å². The van der Waals surface area contributed by atoms with E-state index < -0.39 is 0 Å². The molecule has 2 aliphatic rings. The van der Waals surface area contributed by atoms with Crippen molar-refractivity contribution < 1.29 is 9.59 Å². The Bertz CT molecular complexity index is 895. The summed E-state index contributed by atoms with van der Waals surface area (Å²) in [6, 6.07) is 7.97. The summed E-state index contributed by atoms with van der Waals surface area (Å²) in [5.41, 5.74) is 3.17. The van der Waals surface area contributed by atoms with E-state index in [0.29, 0.717) is 18.1 Å². The van der Waals surface area contributed by atoms with Crippen LogP contribution in [0.3, 0.4) is 0 Å². The van der Waals surface area contributed by atoms with Crippen molar-refractivity contribution in [3.63, 3.8) is 0 Å². The molecule has 2 N–H and O–H groups in total. The van der Waals surface area contributed by atoms with E-state index >= 15 is 0 Å². The van der Waals surface area contributed by atoms with Gasteiger partial charge >= 0.3 is 0 Å². The van der Waals surface area contributed by atoms with Gasteiger partial charge in [-0.05, 0) is 70.2 Å². The SMILES string of the molecule is CC(C)NC(=O)c1nc(C(=O)Nc2ccc(N3CCCC3)cc2)n2c1CCCC2. The van der Waals surface area contributed by atoms with Crippen LogP contribution in [0, 0.1) is 0 Å². The number of fused-ring (bicyclic) bond motifs is 1. The second-order valence-electron chi connectivity index (χ2n) is 8.16. The van der Waals surface area contributed by atoms with Crippen molar-refractivity contribution in [3.8, 4) is 0 Å². The number of benzene rings is 1. The van der Waals surface area contributed by atoms with E-state index in [4.69, 9.17) is 0 Å². The highest BCUT2D eigenvalue weighted by Gasteiger charge is 2.27. The van der Waals surface area contributed by atoms with Crippen LogP contribution in [0.2, 0.25) is 0 Å². The molecular weight excluding hydrogens is 366 g/mol. The largest absolute Gasteiger partial charge is 0.372 e. The number of imidazole rings is 1. The summed E-state index contributed by atoms with van der Waals surface area (Å²) >= 11 is 0. The van der Waals surface area contributed by atoms with E-state index in [9.17, 15) is 9.59 Å². The first kappa shape index (κ1) is 19.5. The molecule has 29 heavy (non-hydrogen) atoms. The highest BCUT2D eigenvalue weighted by atomic mass is 16.2. The third-order valence-electron chi connectivity index (χ3n) is 5.55. The summed E-state index contributed by atoms with van der Waals surface area (Å²) < 4.78 is 1.91. The maximum Gasteiger partial charge on any atom is 0.291 e. The predicted molar refractivity (Wildman–Crippen MR) is 114 cm³/mol. The van der Waals surface area contributed by atoms with Crippen molar-refractivity contribution in [2.24, 2.45) is 0 Å². The number of nitrogens with zero attached hydrogens (tertiary/aromatic N) is 3. The lowest BCUT2D eigenvalue weighted by Crippen LogP contribution is -2.31. The van der Waals surface area contributed by atoms with Crippen LogP contribution in [0.25, 0.3) is 0 Å². The fraction of sp³-hybridized carbons (Fsp3) is 0.500. The summed E-state index contributed by atoms with van der Waals surface area (Å²) in [6.07, 6.45) is 5.23. The van der Waals surface area contributed by atoms with Gasteiger partial charge in [-0.3, -0.25) is 9.59 Å². The minimum Gasteiger partial charge on any atom is -0.372 e. The van der Waals surface area contributed by atoms with Crippen molar-refractivity contribution in [2.45, 2.75) is 58.5 Å². The van der Waals surface area contributed by atoms with Crippen molar-refractivity contribution in [3.05, 3.63) is 41.5 Å². The number of nitrogens with one attached hydrogen (secondary N) is 2. The number of anilines is 2. The average Bonchev–Trinajstić information content (AvgIpc) is 3.36. The van der Waals surface area contributed by atoms with E-state index in [0.717, 1.165) is 43.7 Å². The maximum absolute atomic E-state index is 12.9. The lowest BCUT2D eigenvalue weighted by molar-refractivity contribution is 0.0937. The van der Waals surface area contributed by atoms with Crippen molar-refractivity contribution in [1.29, 1.82) is 0 Å². The van der Waals surface area contributed by atoms with Crippen LogP contribution >= 0.6 is 0 Å². The zero-order valence-corrected chi connectivity index (χ0v) is 17.2. The number of carbonyl (C=O) groups is 2. The summed E-state index contributed by atoms with van der Waals surface area (Å²) in [7, 11) is 0. The molecule has 4 rings (SSSR count). The van der Waals surface area contributed by atoms with Crippen LogP contribution in [-0.2, 0) is 13.0 Å². The summed E-state index contributed by atoms with van der Waals surface area (Å²) in [5.74, 6) is -0.164. The number of amides is 2.